The van der Waals surface area contributed by atoms with Crippen molar-refractivity contribution in [2.24, 2.45) is 0 Å². The van der Waals surface area contributed by atoms with Crippen LogP contribution in [-0.4, -0.2) is 42.7 Å². The van der Waals surface area contributed by atoms with Gasteiger partial charge in [-0.05, 0) is 49.7 Å². The Morgan fingerprint density at radius 1 is 1.12 bits per heavy atom. The highest BCUT2D eigenvalue weighted by atomic mass is 19.4. The van der Waals surface area contributed by atoms with Gasteiger partial charge >= 0.3 is 12.2 Å². The fourth-order valence-electron chi connectivity index (χ4n) is 3.86. The van der Waals surface area contributed by atoms with Crippen LogP contribution < -0.4 is 14.7 Å². The van der Waals surface area contributed by atoms with Crippen LogP contribution in [0.25, 0.3) is 11.3 Å². The number of carbonyl (C=O) groups excluding carboxylic acids is 1. The molecule has 0 N–H and O–H groups in total. The van der Waals surface area contributed by atoms with Crippen LogP contribution in [0.15, 0.2) is 60.8 Å². The molecule has 9 heteroatoms. The first-order valence-corrected chi connectivity index (χ1v) is 10.5. The summed E-state index contributed by atoms with van der Waals surface area (Å²) < 4.78 is 39.7. The van der Waals surface area contributed by atoms with E-state index >= 15 is 0 Å². The largest absolute Gasteiger partial charge is 0.416 e. The molecule has 0 radical (unpaired) electrons. The lowest BCUT2D eigenvalue weighted by Gasteiger charge is -2.31. The van der Waals surface area contributed by atoms with Gasteiger partial charge in [-0.15, -0.1) is 0 Å². The Labute approximate surface area is 190 Å². The van der Waals surface area contributed by atoms with Crippen molar-refractivity contribution in [1.29, 1.82) is 0 Å². The molecule has 0 bridgehead atoms. The molecule has 1 aliphatic heterocycles. The molecule has 3 aromatic rings. The number of nitrogens with zero attached hydrogens (tertiary/aromatic N) is 5. The molecule has 1 aliphatic rings. The molecule has 1 aromatic carbocycles. The highest BCUT2D eigenvalue weighted by molar-refractivity contribution is 6.04. The molecule has 172 valence electrons. The number of benzene rings is 1. The summed E-state index contributed by atoms with van der Waals surface area (Å²) in [7, 11) is 3.55. The van der Waals surface area contributed by atoms with Crippen LogP contribution in [0.4, 0.5) is 35.3 Å². The van der Waals surface area contributed by atoms with E-state index in [1.165, 1.54) is 11.0 Å². The molecule has 1 atom stereocenters. The maximum atomic E-state index is 13.6. The van der Waals surface area contributed by atoms with Crippen molar-refractivity contribution in [2.75, 3.05) is 35.3 Å². The number of carbonyl (C=O) groups is 1. The topological polar surface area (TPSA) is 52.6 Å². The van der Waals surface area contributed by atoms with Gasteiger partial charge in [-0.2, -0.15) is 13.2 Å². The Morgan fingerprint density at radius 3 is 2.61 bits per heavy atom. The Bertz CT molecular complexity index is 1150. The van der Waals surface area contributed by atoms with Crippen LogP contribution in [0, 0.1) is 0 Å². The SMILES string of the molecule is C[C@@H]1CCN(C)c2ccc(-c3cccc(C(F)(F)F)c3)nc2N1C(=O)N(C)c1ccccn1. The van der Waals surface area contributed by atoms with Crippen molar-refractivity contribution in [2.45, 2.75) is 25.6 Å². The lowest BCUT2D eigenvalue weighted by Crippen LogP contribution is -2.46. The van der Waals surface area contributed by atoms with Gasteiger partial charge in [0.1, 0.15) is 5.82 Å². The predicted octanol–water partition coefficient (Wildman–Crippen LogP) is 5.45. The predicted molar refractivity (Wildman–Crippen MR) is 123 cm³/mol. The third-order valence-corrected chi connectivity index (χ3v) is 5.79. The molecule has 0 fully saturated rings. The van der Waals surface area contributed by atoms with E-state index in [9.17, 15) is 18.0 Å². The summed E-state index contributed by atoms with van der Waals surface area (Å²) >= 11 is 0. The number of urea groups is 1. The summed E-state index contributed by atoms with van der Waals surface area (Å²) in [4.78, 5) is 27.6. The van der Waals surface area contributed by atoms with E-state index in [2.05, 4.69) is 4.98 Å². The zero-order valence-electron chi connectivity index (χ0n) is 18.5. The summed E-state index contributed by atoms with van der Waals surface area (Å²) in [5.41, 5.74) is 0.682. The standard InChI is InChI=1S/C24H24F3N5O/c1-16-12-14-30(2)20-11-10-19(17-7-6-8-18(15-17)24(25,26)27)29-22(20)32(16)23(33)31(3)21-9-4-5-13-28-21/h4-11,13,15-16H,12,14H2,1-3H3/t16-/m1/s1. The first-order valence-electron chi connectivity index (χ1n) is 10.5. The molecule has 3 heterocycles. The summed E-state index contributed by atoms with van der Waals surface area (Å²) in [6.45, 7) is 2.64. The van der Waals surface area contributed by atoms with Gasteiger partial charge in [-0.25, -0.2) is 14.8 Å². The third-order valence-electron chi connectivity index (χ3n) is 5.79. The molecule has 33 heavy (non-hydrogen) atoms. The van der Waals surface area contributed by atoms with Gasteiger partial charge in [0.25, 0.3) is 0 Å². The molecule has 2 aromatic heterocycles. The van der Waals surface area contributed by atoms with E-state index < -0.39 is 11.7 Å². The number of alkyl halides is 3. The van der Waals surface area contributed by atoms with Gasteiger partial charge in [-0.3, -0.25) is 9.80 Å². The van der Waals surface area contributed by atoms with Crippen molar-refractivity contribution in [3.63, 3.8) is 0 Å². The Kier molecular flexibility index (Phi) is 5.97. The first kappa shape index (κ1) is 22.6. The van der Waals surface area contributed by atoms with Gasteiger partial charge in [0, 0.05) is 38.4 Å². The summed E-state index contributed by atoms with van der Waals surface area (Å²) in [5, 5.41) is 0. The fraction of sp³-hybridized carbons (Fsp3) is 0.292. The summed E-state index contributed by atoms with van der Waals surface area (Å²) in [6, 6.07) is 13.3. The highest BCUT2D eigenvalue weighted by Crippen LogP contribution is 2.37. The van der Waals surface area contributed by atoms with Gasteiger partial charge < -0.3 is 4.90 Å². The van der Waals surface area contributed by atoms with Gasteiger partial charge in [0.2, 0.25) is 0 Å². The Hall–Kier alpha value is -3.62. The van der Waals surface area contributed by atoms with Crippen LogP contribution in [0.2, 0.25) is 0 Å². The maximum Gasteiger partial charge on any atom is 0.416 e. The molecule has 0 saturated heterocycles. The lowest BCUT2D eigenvalue weighted by atomic mass is 10.1. The minimum absolute atomic E-state index is 0.184. The van der Waals surface area contributed by atoms with E-state index in [0.29, 0.717) is 35.9 Å². The highest BCUT2D eigenvalue weighted by Gasteiger charge is 2.33. The second kappa shape index (κ2) is 8.73. The van der Waals surface area contributed by atoms with E-state index in [4.69, 9.17) is 4.98 Å². The molecule has 6 nitrogen and oxygen atoms in total. The monoisotopic (exact) mass is 455 g/mol. The smallest absolute Gasteiger partial charge is 0.372 e. The second-order valence-corrected chi connectivity index (χ2v) is 8.08. The minimum atomic E-state index is -4.45. The average molecular weight is 455 g/mol. The quantitative estimate of drug-likeness (QED) is 0.515. The zero-order chi connectivity index (χ0) is 23.8. The van der Waals surface area contributed by atoms with Crippen LogP contribution in [-0.2, 0) is 6.18 Å². The van der Waals surface area contributed by atoms with Crippen molar-refractivity contribution in [1.82, 2.24) is 9.97 Å². The second-order valence-electron chi connectivity index (χ2n) is 8.08. The normalized spacial score (nSPS) is 16.2. The number of amides is 2. The molecular weight excluding hydrogens is 431 g/mol. The molecule has 0 saturated carbocycles. The van der Waals surface area contributed by atoms with Crippen molar-refractivity contribution in [3.8, 4) is 11.3 Å². The zero-order valence-corrected chi connectivity index (χ0v) is 18.5. The van der Waals surface area contributed by atoms with Crippen LogP contribution in [0.3, 0.4) is 0 Å². The molecule has 0 spiro atoms. The summed E-state index contributed by atoms with van der Waals surface area (Å²) in [5.74, 6) is 0.896. The van der Waals surface area contributed by atoms with Crippen LogP contribution in [0.1, 0.15) is 18.9 Å². The van der Waals surface area contributed by atoms with Gasteiger partial charge in [0.05, 0.1) is 16.9 Å². The lowest BCUT2D eigenvalue weighted by molar-refractivity contribution is -0.137. The van der Waals surface area contributed by atoms with Crippen molar-refractivity contribution in [3.05, 3.63) is 66.4 Å². The number of pyridine rings is 2. The number of rotatable bonds is 2. The Morgan fingerprint density at radius 2 is 1.91 bits per heavy atom. The molecule has 0 aliphatic carbocycles. The number of fused-ring (bicyclic) bond motifs is 1. The van der Waals surface area contributed by atoms with E-state index in [-0.39, 0.29) is 12.1 Å². The van der Waals surface area contributed by atoms with E-state index in [0.717, 1.165) is 17.8 Å². The van der Waals surface area contributed by atoms with Crippen molar-refractivity contribution >= 4 is 23.4 Å². The van der Waals surface area contributed by atoms with E-state index in [1.54, 1.807) is 54.5 Å². The number of aromatic nitrogens is 2. The Balaban J connectivity index is 1.80. The molecule has 4 rings (SSSR count). The number of hydrogen-bond donors (Lipinski definition) is 0. The summed E-state index contributed by atoms with van der Waals surface area (Å²) in [6.07, 6.45) is -2.14. The maximum absolute atomic E-state index is 13.6. The number of halogens is 3. The van der Waals surface area contributed by atoms with Gasteiger partial charge in [0.15, 0.2) is 5.82 Å². The van der Waals surface area contributed by atoms with E-state index in [1.807, 2.05) is 18.9 Å². The number of anilines is 3. The fourth-order valence-corrected chi connectivity index (χ4v) is 3.86. The average Bonchev–Trinajstić information content (AvgIpc) is 2.94. The molecule has 0 unspecified atom stereocenters. The molecule has 2 amide bonds. The number of hydrogen-bond acceptors (Lipinski definition) is 4. The van der Waals surface area contributed by atoms with Crippen molar-refractivity contribution < 1.29 is 18.0 Å². The van der Waals surface area contributed by atoms with Crippen LogP contribution >= 0.6 is 0 Å². The first-order chi connectivity index (χ1) is 15.7. The minimum Gasteiger partial charge on any atom is -0.372 e. The van der Waals surface area contributed by atoms with Gasteiger partial charge in [-0.1, -0.05) is 18.2 Å². The third kappa shape index (κ3) is 4.48. The van der Waals surface area contributed by atoms with Crippen LogP contribution in [0.5, 0.6) is 0 Å². The molecular formula is C24H24F3N5O.